The average molecular weight is 795 g/mol. The van der Waals surface area contributed by atoms with E-state index in [1.807, 2.05) is 0 Å². The molecule has 0 saturated carbocycles. The van der Waals surface area contributed by atoms with Crippen LogP contribution in [0, 0.1) is 11.6 Å². The van der Waals surface area contributed by atoms with Crippen LogP contribution in [0.25, 0.3) is 44.5 Å². The fraction of sp³-hybridized carbons (Fsp3) is 0.190. The molecular weight excluding hydrogens is 755 g/mol. The fourth-order valence-corrected chi connectivity index (χ4v) is 10.5. The second-order valence-corrected chi connectivity index (χ2v) is 17.3. The van der Waals surface area contributed by atoms with Crippen LogP contribution in [0.15, 0.2) is 125 Å². The highest BCUT2D eigenvalue weighted by Gasteiger charge is 2.31. The van der Waals surface area contributed by atoms with Crippen LogP contribution in [-0.2, 0) is 26.5 Å². The number of likely N-dealkylation sites (N-methyl/N-ethyl adjacent to an activating group) is 1. The van der Waals surface area contributed by atoms with E-state index < -0.39 is 31.7 Å². The second-order valence-electron chi connectivity index (χ2n) is 13.5. The first-order valence-corrected chi connectivity index (χ1v) is 21.0. The number of aromatic nitrogens is 2. The molecule has 1 aliphatic heterocycles. The smallest absolute Gasteiger partial charge is 0.243 e. The Hall–Kier alpha value is -5.54. The van der Waals surface area contributed by atoms with Crippen molar-refractivity contribution in [3.63, 3.8) is 0 Å². The van der Waals surface area contributed by atoms with Crippen molar-refractivity contribution in [1.29, 1.82) is 0 Å². The summed E-state index contributed by atoms with van der Waals surface area (Å²) in [7, 11) is -8.11. The van der Waals surface area contributed by atoms with Gasteiger partial charge in [0.05, 0.1) is 9.79 Å². The van der Waals surface area contributed by atoms with E-state index in [1.54, 1.807) is 85.8 Å². The van der Waals surface area contributed by atoms with Gasteiger partial charge >= 0.3 is 0 Å². The summed E-state index contributed by atoms with van der Waals surface area (Å²) in [5.74, 6) is -0.607. The number of nitrogens with zero attached hydrogens (tertiary/aromatic N) is 4. The maximum atomic E-state index is 16.1. The van der Waals surface area contributed by atoms with Crippen LogP contribution in [0.5, 0.6) is 0 Å². The maximum Gasteiger partial charge on any atom is 0.243 e. The summed E-state index contributed by atoms with van der Waals surface area (Å²) in [4.78, 5) is 8.20. The van der Waals surface area contributed by atoms with Gasteiger partial charge in [-0.25, -0.2) is 35.6 Å². The monoisotopic (exact) mass is 794 g/mol. The van der Waals surface area contributed by atoms with E-state index in [-0.39, 0.29) is 46.2 Å². The molecule has 6 aromatic rings. The lowest BCUT2D eigenvalue weighted by atomic mass is 9.93. The van der Waals surface area contributed by atoms with Crippen molar-refractivity contribution in [2.24, 2.45) is 0 Å². The molecular formula is C42H40F2N6O4S2. The van der Waals surface area contributed by atoms with E-state index in [0.29, 0.717) is 57.9 Å². The highest BCUT2D eigenvalue weighted by atomic mass is 32.2. The van der Waals surface area contributed by atoms with E-state index >= 15 is 8.78 Å². The van der Waals surface area contributed by atoms with Crippen molar-refractivity contribution in [2.75, 3.05) is 37.6 Å². The molecule has 10 nitrogen and oxygen atoms in total. The Bertz CT molecular complexity index is 2620. The van der Waals surface area contributed by atoms with Gasteiger partial charge in [-0.15, -0.1) is 0 Å². The quantitative estimate of drug-likeness (QED) is 0.128. The van der Waals surface area contributed by atoms with Crippen molar-refractivity contribution in [2.45, 2.75) is 36.0 Å². The number of nitrogen functional groups attached to an aromatic ring is 2. The van der Waals surface area contributed by atoms with E-state index in [4.69, 9.17) is 11.5 Å². The van der Waals surface area contributed by atoms with Gasteiger partial charge in [-0.3, -0.25) is 0 Å². The first-order valence-electron chi connectivity index (χ1n) is 18.1. The first kappa shape index (κ1) is 38.7. The van der Waals surface area contributed by atoms with Gasteiger partial charge in [-0.1, -0.05) is 55.5 Å². The largest absolute Gasteiger partial charge is 0.384 e. The van der Waals surface area contributed by atoms with Crippen LogP contribution in [-0.4, -0.2) is 61.6 Å². The fourth-order valence-electron chi connectivity index (χ4n) is 7.09. The predicted molar refractivity (Wildman–Crippen MR) is 215 cm³/mol. The molecule has 2 aromatic heterocycles. The molecule has 288 valence electrons. The van der Waals surface area contributed by atoms with E-state index in [2.05, 4.69) is 9.97 Å². The summed E-state index contributed by atoms with van der Waals surface area (Å²) in [6.07, 6.45) is 4.51. The van der Waals surface area contributed by atoms with Crippen molar-refractivity contribution >= 4 is 31.7 Å². The highest BCUT2D eigenvalue weighted by Crippen LogP contribution is 2.38. The Morgan fingerprint density at radius 1 is 0.643 bits per heavy atom. The van der Waals surface area contributed by atoms with Gasteiger partial charge in [0.15, 0.2) is 0 Å². The third-order valence-electron chi connectivity index (χ3n) is 10.0. The number of sulfonamides is 2. The lowest BCUT2D eigenvalue weighted by Crippen LogP contribution is -2.33. The van der Waals surface area contributed by atoms with Crippen molar-refractivity contribution in [3.8, 4) is 44.5 Å². The average Bonchev–Trinajstić information content (AvgIpc) is 3.76. The normalized spacial score (nSPS) is 13.7. The number of halogens is 2. The molecule has 3 heterocycles. The molecule has 1 fully saturated rings. The Morgan fingerprint density at radius 2 is 1.21 bits per heavy atom. The van der Waals surface area contributed by atoms with Gasteiger partial charge in [0.1, 0.15) is 23.3 Å². The van der Waals surface area contributed by atoms with Crippen LogP contribution in [0.1, 0.15) is 25.3 Å². The summed E-state index contributed by atoms with van der Waals surface area (Å²) in [6.45, 7) is 2.54. The third kappa shape index (κ3) is 7.65. The predicted octanol–water partition coefficient (Wildman–Crippen LogP) is 7.63. The van der Waals surface area contributed by atoms with Crippen LogP contribution >= 0.6 is 0 Å². The lowest BCUT2D eigenvalue weighted by molar-refractivity contribution is 0.431. The van der Waals surface area contributed by atoms with Gasteiger partial charge in [0.2, 0.25) is 20.0 Å². The van der Waals surface area contributed by atoms with E-state index in [1.165, 1.54) is 45.3 Å². The number of rotatable bonds is 12. The van der Waals surface area contributed by atoms with Gasteiger partial charge < -0.3 is 11.5 Å². The summed E-state index contributed by atoms with van der Waals surface area (Å²) >= 11 is 0. The standard InChI is InChI=1S/C42H40F2N6O4S2/c1-2-49(55(51,52)39-11-5-3-9-33(39)28-13-16-32(37(43)24-28)30-14-17-41(45)47-26-30)22-19-29-23-36(31-15-18-42(46)48-27-31)38(44)25-35(29)34-10-4-6-12-40(34)56(53,54)50-20-7-8-21-50/h3-6,9-18,23-27H,2,7-8,19-22H2,1H3,(H2,45,47)(H2,46,48). The Balaban J connectivity index is 1.26. The van der Waals surface area contributed by atoms with Crippen molar-refractivity contribution in [1.82, 2.24) is 18.6 Å². The molecule has 0 aliphatic carbocycles. The Morgan fingerprint density at radius 3 is 1.82 bits per heavy atom. The molecule has 0 radical (unpaired) electrons. The zero-order valence-electron chi connectivity index (χ0n) is 30.6. The van der Waals surface area contributed by atoms with Crippen molar-refractivity contribution < 1.29 is 25.6 Å². The molecule has 0 unspecified atom stereocenters. The molecule has 4 N–H and O–H groups in total. The summed E-state index contributed by atoms with van der Waals surface area (Å²) < 4.78 is 91.2. The zero-order chi connectivity index (χ0) is 39.6. The Labute approximate surface area is 325 Å². The number of hydrogen-bond donors (Lipinski definition) is 2. The van der Waals surface area contributed by atoms with Gasteiger partial charge in [-0.05, 0) is 90.6 Å². The number of benzene rings is 4. The van der Waals surface area contributed by atoms with Crippen LogP contribution in [0.4, 0.5) is 20.4 Å². The maximum absolute atomic E-state index is 16.1. The molecule has 0 bridgehead atoms. The van der Waals surface area contributed by atoms with Gasteiger partial charge in [-0.2, -0.15) is 8.61 Å². The summed E-state index contributed by atoms with van der Waals surface area (Å²) in [5.41, 5.74) is 14.8. The number of hydrogen-bond acceptors (Lipinski definition) is 8. The van der Waals surface area contributed by atoms with E-state index in [9.17, 15) is 16.8 Å². The van der Waals surface area contributed by atoms with E-state index in [0.717, 1.165) is 12.8 Å². The SMILES string of the molecule is CCN(CCc1cc(-c2ccc(N)nc2)c(F)cc1-c1ccccc1S(=O)(=O)N1CCCC1)S(=O)(=O)c1ccccc1-c1ccc(-c2ccc(N)nc2)c(F)c1. The number of nitrogens with two attached hydrogens (primary N) is 2. The van der Waals surface area contributed by atoms with Crippen molar-refractivity contribution in [3.05, 3.63) is 133 Å². The minimum Gasteiger partial charge on any atom is -0.384 e. The van der Waals surface area contributed by atoms with Crippen LogP contribution < -0.4 is 11.5 Å². The first-order chi connectivity index (χ1) is 26.9. The zero-order valence-corrected chi connectivity index (χ0v) is 32.2. The number of anilines is 2. The van der Waals surface area contributed by atoms with Crippen LogP contribution in [0.3, 0.4) is 0 Å². The highest BCUT2D eigenvalue weighted by molar-refractivity contribution is 7.89. The second kappa shape index (κ2) is 15.9. The molecule has 14 heteroatoms. The minimum atomic E-state index is -4.19. The van der Waals surface area contributed by atoms with Gasteiger partial charge in [0.25, 0.3) is 0 Å². The Kier molecular flexibility index (Phi) is 11.0. The molecule has 56 heavy (non-hydrogen) atoms. The molecule has 0 atom stereocenters. The van der Waals surface area contributed by atoms with Gasteiger partial charge in [0, 0.05) is 72.0 Å². The molecule has 4 aromatic carbocycles. The summed E-state index contributed by atoms with van der Waals surface area (Å²) in [6, 6.07) is 26.8. The minimum absolute atomic E-state index is 0.0156. The number of pyridine rings is 2. The molecule has 1 aliphatic rings. The molecule has 0 spiro atoms. The van der Waals surface area contributed by atoms with Crippen LogP contribution in [0.2, 0.25) is 0 Å². The summed E-state index contributed by atoms with van der Waals surface area (Å²) in [5, 5.41) is 0. The molecule has 1 saturated heterocycles. The molecule has 0 amide bonds. The third-order valence-corrected chi connectivity index (χ3v) is 14.0. The molecule has 7 rings (SSSR count). The lowest BCUT2D eigenvalue weighted by Gasteiger charge is -2.24. The topological polar surface area (TPSA) is 153 Å².